The number of amides is 1. The molecule has 0 saturated heterocycles. The number of furan rings is 1. The van der Waals surface area contributed by atoms with E-state index in [-0.39, 0.29) is 11.9 Å². The SMILES string of the molecule is Cc1cc(Nc2nc(C(=O)NC3CCCCCC3)cc3occc23)ccc1Br. The molecule has 0 spiro atoms. The molecule has 146 valence electrons. The number of benzene rings is 1. The summed E-state index contributed by atoms with van der Waals surface area (Å²) in [6.45, 7) is 2.03. The maximum absolute atomic E-state index is 12.8. The third-order valence-electron chi connectivity index (χ3n) is 5.29. The molecule has 2 N–H and O–H groups in total. The molecular formula is C22H24BrN3O2. The lowest BCUT2D eigenvalue weighted by molar-refractivity contribution is 0.0928. The average Bonchev–Trinajstić information content (AvgIpc) is 3.02. The summed E-state index contributed by atoms with van der Waals surface area (Å²) < 4.78 is 6.62. The van der Waals surface area contributed by atoms with E-state index in [4.69, 9.17) is 4.42 Å². The Morgan fingerprint density at radius 1 is 1.14 bits per heavy atom. The van der Waals surface area contributed by atoms with E-state index >= 15 is 0 Å². The Bertz CT molecular complexity index is 991. The third-order valence-corrected chi connectivity index (χ3v) is 6.18. The van der Waals surface area contributed by atoms with Crippen molar-refractivity contribution in [3.63, 3.8) is 0 Å². The first-order valence-corrected chi connectivity index (χ1v) is 10.6. The van der Waals surface area contributed by atoms with Crippen LogP contribution >= 0.6 is 15.9 Å². The van der Waals surface area contributed by atoms with Crippen LogP contribution in [0, 0.1) is 6.92 Å². The van der Waals surface area contributed by atoms with Gasteiger partial charge in [0.05, 0.1) is 11.6 Å². The molecule has 0 atom stereocenters. The van der Waals surface area contributed by atoms with Crippen molar-refractivity contribution in [3.05, 3.63) is 52.3 Å². The van der Waals surface area contributed by atoms with Crippen LogP contribution < -0.4 is 10.6 Å². The summed E-state index contributed by atoms with van der Waals surface area (Å²) in [5, 5.41) is 7.35. The first kappa shape index (κ1) is 19.0. The standard InChI is InChI=1S/C22H24BrN3O2/c1-14-12-16(8-9-18(14)23)24-21-17-10-11-28-20(17)13-19(26-21)22(27)25-15-6-4-2-3-5-7-15/h8-13,15H,2-7H2,1H3,(H,24,26)(H,25,27). The highest BCUT2D eigenvalue weighted by Gasteiger charge is 2.19. The maximum Gasteiger partial charge on any atom is 0.270 e. The fourth-order valence-electron chi connectivity index (χ4n) is 3.72. The molecule has 28 heavy (non-hydrogen) atoms. The van der Waals surface area contributed by atoms with Gasteiger partial charge in [0.25, 0.3) is 5.91 Å². The number of halogens is 1. The van der Waals surface area contributed by atoms with Crippen molar-refractivity contribution in [3.8, 4) is 0 Å². The lowest BCUT2D eigenvalue weighted by Crippen LogP contribution is -2.34. The quantitative estimate of drug-likeness (QED) is 0.480. The number of hydrogen-bond acceptors (Lipinski definition) is 4. The topological polar surface area (TPSA) is 67.2 Å². The Morgan fingerprint density at radius 3 is 2.68 bits per heavy atom. The second-order valence-corrected chi connectivity index (χ2v) is 8.29. The Balaban J connectivity index is 1.60. The van der Waals surface area contributed by atoms with Gasteiger partial charge in [0, 0.05) is 22.3 Å². The zero-order chi connectivity index (χ0) is 19.5. The van der Waals surface area contributed by atoms with Crippen molar-refractivity contribution in [2.75, 3.05) is 5.32 Å². The van der Waals surface area contributed by atoms with Crippen molar-refractivity contribution in [2.45, 2.75) is 51.5 Å². The van der Waals surface area contributed by atoms with E-state index in [9.17, 15) is 4.79 Å². The minimum absolute atomic E-state index is 0.139. The van der Waals surface area contributed by atoms with Gasteiger partial charge >= 0.3 is 0 Å². The molecule has 1 aromatic carbocycles. The molecule has 4 rings (SSSR count). The summed E-state index contributed by atoms with van der Waals surface area (Å²) in [5.41, 5.74) is 3.06. The fraction of sp³-hybridized carbons (Fsp3) is 0.364. The first-order valence-electron chi connectivity index (χ1n) is 9.82. The molecule has 2 heterocycles. The van der Waals surface area contributed by atoms with Crippen molar-refractivity contribution in [2.24, 2.45) is 0 Å². The summed E-state index contributed by atoms with van der Waals surface area (Å²) >= 11 is 3.52. The Hall–Kier alpha value is -2.34. The molecule has 1 fully saturated rings. The number of fused-ring (bicyclic) bond motifs is 1. The second kappa shape index (κ2) is 8.35. The van der Waals surface area contributed by atoms with Gasteiger partial charge in [-0.2, -0.15) is 0 Å². The van der Waals surface area contributed by atoms with Gasteiger partial charge in [0.2, 0.25) is 0 Å². The Labute approximate surface area is 173 Å². The smallest absolute Gasteiger partial charge is 0.270 e. The van der Waals surface area contributed by atoms with Gasteiger partial charge in [-0.25, -0.2) is 4.98 Å². The summed E-state index contributed by atoms with van der Waals surface area (Å²) in [5.74, 6) is 0.485. The highest BCUT2D eigenvalue weighted by molar-refractivity contribution is 9.10. The number of nitrogens with one attached hydrogen (secondary N) is 2. The van der Waals surface area contributed by atoms with Crippen LogP contribution in [0.25, 0.3) is 11.0 Å². The zero-order valence-electron chi connectivity index (χ0n) is 15.9. The number of carbonyl (C=O) groups excluding carboxylic acids is 1. The number of anilines is 2. The second-order valence-electron chi connectivity index (χ2n) is 7.44. The minimum Gasteiger partial charge on any atom is -0.464 e. The molecule has 0 radical (unpaired) electrons. The van der Waals surface area contributed by atoms with Gasteiger partial charge in [0.15, 0.2) is 0 Å². The van der Waals surface area contributed by atoms with Crippen LogP contribution in [0.15, 0.2) is 45.5 Å². The van der Waals surface area contributed by atoms with E-state index in [1.807, 2.05) is 31.2 Å². The van der Waals surface area contributed by atoms with E-state index in [0.717, 1.165) is 34.0 Å². The van der Waals surface area contributed by atoms with E-state index < -0.39 is 0 Å². The van der Waals surface area contributed by atoms with Gasteiger partial charge in [-0.1, -0.05) is 41.6 Å². The normalized spacial score (nSPS) is 15.4. The summed E-state index contributed by atoms with van der Waals surface area (Å²) in [4.78, 5) is 17.5. The lowest BCUT2D eigenvalue weighted by Gasteiger charge is -2.16. The number of pyridine rings is 1. The highest BCUT2D eigenvalue weighted by Crippen LogP contribution is 2.28. The number of carbonyl (C=O) groups is 1. The van der Waals surface area contributed by atoms with Crippen LogP contribution in [0.1, 0.15) is 54.6 Å². The van der Waals surface area contributed by atoms with Crippen LogP contribution in [0.3, 0.4) is 0 Å². The van der Waals surface area contributed by atoms with Gasteiger partial charge in [-0.3, -0.25) is 4.79 Å². The van der Waals surface area contributed by atoms with Gasteiger partial charge in [-0.05, 0) is 49.6 Å². The van der Waals surface area contributed by atoms with Gasteiger partial charge < -0.3 is 15.1 Å². The Kier molecular flexibility index (Phi) is 5.67. The fourth-order valence-corrected chi connectivity index (χ4v) is 3.97. The van der Waals surface area contributed by atoms with Gasteiger partial charge in [-0.15, -0.1) is 0 Å². The summed E-state index contributed by atoms with van der Waals surface area (Å²) in [7, 11) is 0. The predicted molar refractivity (Wildman–Crippen MR) is 115 cm³/mol. The molecule has 0 bridgehead atoms. The minimum atomic E-state index is -0.139. The molecule has 1 saturated carbocycles. The molecule has 3 aromatic rings. The maximum atomic E-state index is 12.8. The first-order chi connectivity index (χ1) is 13.6. The molecule has 6 heteroatoms. The molecule has 1 aliphatic carbocycles. The zero-order valence-corrected chi connectivity index (χ0v) is 17.5. The van der Waals surface area contributed by atoms with Crippen molar-refractivity contribution >= 4 is 44.3 Å². The van der Waals surface area contributed by atoms with E-state index in [0.29, 0.717) is 17.1 Å². The van der Waals surface area contributed by atoms with Crippen LogP contribution in [0.4, 0.5) is 11.5 Å². The molecule has 0 aliphatic heterocycles. The molecular weight excluding hydrogens is 418 g/mol. The van der Waals surface area contributed by atoms with Crippen molar-refractivity contribution in [1.82, 2.24) is 10.3 Å². The molecule has 1 aliphatic rings. The van der Waals surface area contributed by atoms with Gasteiger partial charge in [0.1, 0.15) is 17.1 Å². The number of hydrogen-bond donors (Lipinski definition) is 2. The Morgan fingerprint density at radius 2 is 1.93 bits per heavy atom. The number of aryl methyl sites for hydroxylation is 1. The number of aromatic nitrogens is 1. The van der Waals surface area contributed by atoms with Crippen LogP contribution in [-0.4, -0.2) is 16.9 Å². The number of rotatable bonds is 4. The molecule has 2 aromatic heterocycles. The van der Waals surface area contributed by atoms with Crippen LogP contribution in [-0.2, 0) is 0 Å². The third kappa shape index (κ3) is 4.22. The highest BCUT2D eigenvalue weighted by atomic mass is 79.9. The summed E-state index contributed by atoms with van der Waals surface area (Å²) in [6.07, 6.45) is 8.55. The number of nitrogens with zero attached hydrogens (tertiary/aromatic N) is 1. The monoisotopic (exact) mass is 441 g/mol. The van der Waals surface area contributed by atoms with E-state index in [1.54, 1.807) is 12.3 Å². The predicted octanol–water partition coefficient (Wildman–Crippen LogP) is 6.09. The molecule has 0 unspecified atom stereocenters. The van der Waals surface area contributed by atoms with Crippen LogP contribution in [0.5, 0.6) is 0 Å². The summed E-state index contributed by atoms with van der Waals surface area (Å²) in [6, 6.07) is 9.82. The molecule has 1 amide bonds. The average molecular weight is 442 g/mol. The van der Waals surface area contributed by atoms with E-state index in [2.05, 4.69) is 31.5 Å². The van der Waals surface area contributed by atoms with Crippen molar-refractivity contribution in [1.29, 1.82) is 0 Å². The van der Waals surface area contributed by atoms with Crippen molar-refractivity contribution < 1.29 is 9.21 Å². The molecule has 5 nitrogen and oxygen atoms in total. The van der Waals surface area contributed by atoms with Crippen LogP contribution in [0.2, 0.25) is 0 Å². The van der Waals surface area contributed by atoms with E-state index in [1.165, 1.54) is 25.7 Å². The lowest BCUT2D eigenvalue weighted by atomic mass is 10.1. The largest absolute Gasteiger partial charge is 0.464 e.